The van der Waals surface area contributed by atoms with Crippen LogP contribution in [0.4, 0.5) is 19.3 Å². The number of halogens is 3. The molecular weight excluding hydrogens is 514 g/mol. The lowest BCUT2D eigenvalue weighted by atomic mass is 9.53. The minimum Gasteiger partial charge on any atom is -0.444 e. The van der Waals surface area contributed by atoms with Crippen molar-refractivity contribution in [2.45, 2.75) is 49.0 Å². The number of benzene rings is 2. The number of sulfone groups is 1. The fourth-order valence-electron chi connectivity index (χ4n) is 5.93. The van der Waals surface area contributed by atoms with Crippen LogP contribution in [0.2, 0.25) is 5.02 Å². The Kier molecular flexibility index (Phi) is 6.23. The number of hydrogen-bond acceptors (Lipinski definition) is 5. The van der Waals surface area contributed by atoms with Gasteiger partial charge in [0.05, 0.1) is 21.7 Å². The van der Waals surface area contributed by atoms with Gasteiger partial charge in [-0.2, -0.15) is 0 Å². The molecule has 0 aromatic heterocycles. The van der Waals surface area contributed by atoms with Crippen LogP contribution in [-0.2, 0) is 14.6 Å². The maximum Gasteiger partial charge on any atom is 0.410 e. The van der Waals surface area contributed by atoms with Gasteiger partial charge in [0, 0.05) is 23.4 Å². The molecule has 4 aliphatic rings. The van der Waals surface area contributed by atoms with Gasteiger partial charge in [-0.05, 0) is 67.9 Å². The SMILES string of the molecule is CC1C2CC(S(=O)(=O)c3cc(C(=O)Nc4ccc(F)c(F)c4)ccc3Cl)CC1C2N1C[C@@H](C)OC1=O. The van der Waals surface area contributed by atoms with E-state index in [-0.39, 0.29) is 57.2 Å². The molecule has 1 heterocycles. The minimum atomic E-state index is -3.89. The Morgan fingerprint density at radius 2 is 1.78 bits per heavy atom. The van der Waals surface area contributed by atoms with E-state index in [0.29, 0.717) is 19.4 Å². The second kappa shape index (κ2) is 8.99. The van der Waals surface area contributed by atoms with Gasteiger partial charge in [0.1, 0.15) is 6.10 Å². The summed E-state index contributed by atoms with van der Waals surface area (Å²) in [6, 6.07) is 6.81. The van der Waals surface area contributed by atoms with Crippen LogP contribution in [0.25, 0.3) is 0 Å². The Morgan fingerprint density at radius 1 is 1.08 bits per heavy atom. The van der Waals surface area contributed by atoms with E-state index in [9.17, 15) is 26.8 Å². The molecule has 0 radical (unpaired) electrons. The van der Waals surface area contributed by atoms with Crippen molar-refractivity contribution in [3.05, 3.63) is 58.6 Å². The number of ether oxygens (including phenoxy) is 1. The predicted octanol–water partition coefficient (Wildman–Crippen LogP) is 4.90. The molecule has 192 valence electrons. The molecule has 2 aromatic rings. The number of amides is 2. The molecule has 2 unspecified atom stereocenters. The van der Waals surface area contributed by atoms with Crippen LogP contribution in [0.1, 0.15) is 37.0 Å². The van der Waals surface area contributed by atoms with Crippen molar-refractivity contribution < 1.29 is 31.5 Å². The molecule has 36 heavy (non-hydrogen) atoms. The normalized spacial score (nSPS) is 29.5. The summed E-state index contributed by atoms with van der Waals surface area (Å²) in [6.07, 6.45) is 0.223. The molecule has 6 rings (SSSR count). The molecule has 3 saturated carbocycles. The summed E-state index contributed by atoms with van der Waals surface area (Å²) >= 11 is 6.28. The zero-order valence-electron chi connectivity index (χ0n) is 19.6. The standard InChI is InChI=1S/C25H25ClF2N2O5S/c1-12-11-30(25(32)35-12)23-17-9-16(10-18(23)13(17)2)36(33,34)22-7-14(3-5-19(22)26)24(31)29-15-4-6-20(27)21(28)8-15/h3-8,12-13,16-18,23H,9-11H2,1-2H3,(H,29,31)/t12-,13?,16?,17?,18?,23?/m1/s1. The molecule has 3 atom stereocenters. The molecule has 0 spiro atoms. The summed E-state index contributed by atoms with van der Waals surface area (Å²) in [6.45, 7) is 4.41. The van der Waals surface area contributed by atoms with Crippen LogP contribution < -0.4 is 5.32 Å². The largest absolute Gasteiger partial charge is 0.444 e. The van der Waals surface area contributed by atoms with Gasteiger partial charge in [-0.25, -0.2) is 22.0 Å². The maximum absolute atomic E-state index is 13.6. The number of nitrogens with one attached hydrogen (secondary N) is 1. The highest BCUT2D eigenvalue weighted by Gasteiger charge is 2.59. The Labute approximate surface area is 212 Å². The summed E-state index contributed by atoms with van der Waals surface area (Å²) in [5, 5.41) is 1.74. The van der Waals surface area contributed by atoms with Crippen molar-refractivity contribution in [2.24, 2.45) is 17.8 Å². The van der Waals surface area contributed by atoms with E-state index in [1.165, 1.54) is 24.3 Å². The van der Waals surface area contributed by atoms with Crippen molar-refractivity contribution in [3.8, 4) is 0 Å². The van der Waals surface area contributed by atoms with Crippen molar-refractivity contribution >= 4 is 39.1 Å². The van der Waals surface area contributed by atoms with Crippen molar-refractivity contribution in [3.63, 3.8) is 0 Å². The fourth-order valence-corrected chi connectivity index (χ4v) is 8.31. The lowest BCUT2D eigenvalue weighted by molar-refractivity contribution is -0.0689. The minimum absolute atomic E-state index is 0.000155. The van der Waals surface area contributed by atoms with Gasteiger partial charge in [0.2, 0.25) is 0 Å². The van der Waals surface area contributed by atoms with Crippen LogP contribution in [-0.4, -0.2) is 49.3 Å². The third kappa shape index (κ3) is 4.14. The lowest BCUT2D eigenvalue weighted by Gasteiger charge is -2.59. The molecule has 2 amide bonds. The highest BCUT2D eigenvalue weighted by Crippen LogP contribution is 2.55. The molecule has 1 saturated heterocycles. The van der Waals surface area contributed by atoms with Gasteiger partial charge >= 0.3 is 6.09 Å². The molecule has 3 aliphatic carbocycles. The van der Waals surface area contributed by atoms with Crippen LogP contribution >= 0.6 is 11.6 Å². The summed E-state index contributed by atoms with van der Waals surface area (Å²) in [5.74, 6) is -2.51. The Hall–Kier alpha value is -2.72. The molecule has 1 aliphatic heterocycles. The number of fused-ring (bicyclic) bond motifs is 2. The van der Waals surface area contributed by atoms with Crippen LogP contribution in [0.3, 0.4) is 0 Å². The molecule has 1 N–H and O–H groups in total. The van der Waals surface area contributed by atoms with Crippen molar-refractivity contribution in [2.75, 3.05) is 11.9 Å². The maximum atomic E-state index is 13.6. The van der Waals surface area contributed by atoms with E-state index in [1.807, 2.05) is 6.92 Å². The van der Waals surface area contributed by atoms with E-state index in [2.05, 4.69) is 12.2 Å². The van der Waals surface area contributed by atoms with E-state index < -0.39 is 32.6 Å². The summed E-state index contributed by atoms with van der Waals surface area (Å²) in [7, 11) is -3.89. The highest BCUT2D eigenvalue weighted by atomic mass is 35.5. The predicted molar refractivity (Wildman–Crippen MR) is 129 cm³/mol. The van der Waals surface area contributed by atoms with Gasteiger partial charge in [0.15, 0.2) is 21.5 Å². The van der Waals surface area contributed by atoms with Gasteiger partial charge in [-0.15, -0.1) is 0 Å². The first kappa shape index (κ1) is 25.0. The van der Waals surface area contributed by atoms with E-state index in [0.717, 1.165) is 12.1 Å². The van der Waals surface area contributed by atoms with Gasteiger partial charge in [-0.3, -0.25) is 4.79 Å². The average Bonchev–Trinajstić information content (AvgIpc) is 3.17. The zero-order valence-corrected chi connectivity index (χ0v) is 21.2. The molecular formula is C25H25ClF2N2O5S. The second-order valence-electron chi connectivity index (χ2n) is 9.89. The topological polar surface area (TPSA) is 92.8 Å². The first-order valence-corrected chi connectivity index (χ1v) is 13.7. The number of anilines is 1. The number of nitrogens with zero attached hydrogens (tertiary/aromatic N) is 1. The number of carbonyl (C=O) groups excluding carboxylic acids is 2. The van der Waals surface area contributed by atoms with Gasteiger partial charge in [0.25, 0.3) is 5.91 Å². The number of cyclic esters (lactones) is 1. The lowest BCUT2D eigenvalue weighted by Crippen LogP contribution is -2.64. The van der Waals surface area contributed by atoms with Crippen LogP contribution in [0, 0.1) is 29.4 Å². The fraction of sp³-hybridized carbons (Fsp3) is 0.440. The van der Waals surface area contributed by atoms with Crippen molar-refractivity contribution in [1.29, 1.82) is 0 Å². The zero-order chi connectivity index (χ0) is 25.9. The number of rotatable bonds is 5. The molecule has 2 aromatic carbocycles. The molecule has 4 fully saturated rings. The molecule has 7 nitrogen and oxygen atoms in total. The highest BCUT2D eigenvalue weighted by molar-refractivity contribution is 7.92. The third-order valence-electron chi connectivity index (χ3n) is 7.76. The smallest absolute Gasteiger partial charge is 0.410 e. The monoisotopic (exact) mass is 538 g/mol. The van der Waals surface area contributed by atoms with E-state index >= 15 is 0 Å². The Morgan fingerprint density at radius 3 is 2.39 bits per heavy atom. The average molecular weight is 539 g/mol. The van der Waals surface area contributed by atoms with Gasteiger partial charge in [-0.1, -0.05) is 18.5 Å². The Bertz CT molecular complexity index is 1340. The number of hydrogen-bond donors (Lipinski definition) is 1. The van der Waals surface area contributed by atoms with E-state index in [1.54, 1.807) is 4.90 Å². The Balaban J connectivity index is 1.35. The summed E-state index contributed by atoms with van der Waals surface area (Å²) in [4.78, 5) is 26.6. The van der Waals surface area contributed by atoms with E-state index in [4.69, 9.17) is 16.3 Å². The number of carbonyl (C=O) groups is 2. The summed E-state index contributed by atoms with van der Waals surface area (Å²) in [5.41, 5.74) is 0.0455. The first-order valence-electron chi connectivity index (χ1n) is 11.7. The second-order valence-corrected chi connectivity index (χ2v) is 12.5. The first-order chi connectivity index (χ1) is 17.0. The molecule has 11 heteroatoms. The quantitative estimate of drug-likeness (QED) is 0.584. The third-order valence-corrected chi connectivity index (χ3v) is 10.4. The molecule has 2 bridgehead atoms. The summed E-state index contributed by atoms with van der Waals surface area (Å²) < 4.78 is 59.2. The van der Waals surface area contributed by atoms with Crippen molar-refractivity contribution in [1.82, 2.24) is 4.90 Å². The van der Waals surface area contributed by atoms with Crippen LogP contribution in [0.5, 0.6) is 0 Å². The van der Waals surface area contributed by atoms with Crippen LogP contribution in [0.15, 0.2) is 41.3 Å². The van der Waals surface area contributed by atoms with Gasteiger partial charge < -0.3 is 15.0 Å².